The zero-order valence-corrected chi connectivity index (χ0v) is 9.54. The van der Waals surface area contributed by atoms with Crippen LogP contribution in [0.3, 0.4) is 0 Å². The lowest BCUT2D eigenvalue weighted by Crippen LogP contribution is -2.01. The summed E-state index contributed by atoms with van der Waals surface area (Å²) >= 11 is 0. The summed E-state index contributed by atoms with van der Waals surface area (Å²) in [6.07, 6.45) is 5.99. The van der Waals surface area contributed by atoms with Crippen LogP contribution in [-0.4, -0.2) is 22.8 Å². The fraction of sp³-hybridized carbons (Fsp3) is 0.214. The minimum Gasteiger partial charge on any atom is -0.478 e. The highest BCUT2D eigenvalue weighted by atomic mass is 16.4. The van der Waals surface area contributed by atoms with Gasteiger partial charge >= 0.3 is 5.97 Å². The van der Waals surface area contributed by atoms with Crippen LogP contribution in [0.2, 0.25) is 0 Å². The van der Waals surface area contributed by atoms with Crippen molar-refractivity contribution in [3.05, 3.63) is 53.6 Å². The second kappa shape index (κ2) is 7.41. The molecule has 0 unspecified atom stereocenters. The van der Waals surface area contributed by atoms with E-state index in [9.17, 15) is 4.79 Å². The molecule has 0 amide bonds. The van der Waals surface area contributed by atoms with E-state index in [4.69, 9.17) is 10.2 Å². The molecule has 1 rings (SSSR count). The standard InChI is InChI=1S/C14H16O3/c15-11-5-10-13(14(16)17)9-4-8-12-6-2-1-3-7-12/h1-4,6-9,15H,5,10-11H2,(H,16,17). The van der Waals surface area contributed by atoms with Crippen molar-refractivity contribution in [2.45, 2.75) is 12.8 Å². The highest BCUT2D eigenvalue weighted by Crippen LogP contribution is 2.07. The first kappa shape index (κ1) is 13.2. The number of aliphatic hydroxyl groups is 1. The highest BCUT2D eigenvalue weighted by Gasteiger charge is 2.04. The van der Waals surface area contributed by atoms with Gasteiger partial charge in [-0.2, -0.15) is 0 Å². The van der Waals surface area contributed by atoms with Gasteiger partial charge in [-0.1, -0.05) is 48.6 Å². The molecule has 17 heavy (non-hydrogen) atoms. The second-order valence-corrected chi connectivity index (χ2v) is 3.59. The van der Waals surface area contributed by atoms with Gasteiger partial charge in [0.1, 0.15) is 0 Å². The van der Waals surface area contributed by atoms with Crippen LogP contribution in [0.15, 0.2) is 48.1 Å². The SMILES string of the molecule is O=C(O)C(=CC=Cc1ccccc1)CCCO. The summed E-state index contributed by atoms with van der Waals surface area (Å²) in [5.74, 6) is -0.934. The molecule has 3 heteroatoms. The molecule has 0 saturated carbocycles. The van der Waals surface area contributed by atoms with Gasteiger partial charge in [0.15, 0.2) is 0 Å². The molecule has 2 N–H and O–H groups in total. The van der Waals surface area contributed by atoms with E-state index in [-0.39, 0.29) is 6.61 Å². The number of hydrogen-bond acceptors (Lipinski definition) is 2. The van der Waals surface area contributed by atoms with E-state index in [1.165, 1.54) is 0 Å². The molecule has 0 aliphatic rings. The van der Waals surface area contributed by atoms with E-state index in [1.54, 1.807) is 12.2 Å². The number of hydrogen-bond donors (Lipinski definition) is 2. The molecular weight excluding hydrogens is 216 g/mol. The minimum atomic E-state index is -0.934. The first-order valence-electron chi connectivity index (χ1n) is 5.50. The molecule has 0 radical (unpaired) electrons. The number of benzene rings is 1. The third kappa shape index (κ3) is 5.13. The lowest BCUT2D eigenvalue weighted by atomic mass is 10.1. The fourth-order valence-corrected chi connectivity index (χ4v) is 1.37. The number of carboxylic acids is 1. The Morgan fingerprint density at radius 1 is 1.24 bits per heavy atom. The zero-order chi connectivity index (χ0) is 12.5. The Morgan fingerprint density at radius 2 is 1.94 bits per heavy atom. The quantitative estimate of drug-likeness (QED) is 0.585. The first-order chi connectivity index (χ1) is 8.24. The summed E-state index contributed by atoms with van der Waals surface area (Å²) in [5, 5.41) is 17.6. The van der Waals surface area contributed by atoms with Crippen LogP contribution < -0.4 is 0 Å². The van der Waals surface area contributed by atoms with Crippen molar-refractivity contribution in [1.29, 1.82) is 0 Å². The van der Waals surface area contributed by atoms with Crippen LogP contribution in [0, 0.1) is 0 Å². The molecule has 0 aliphatic heterocycles. The molecule has 1 aromatic carbocycles. The number of carbonyl (C=O) groups is 1. The molecule has 0 fully saturated rings. The molecule has 0 bridgehead atoms. The maximum absolute atomic E-state index is 10.9. The van der Waals surface area contributed by atoms with E-state index >= 15 is 0 Å². The molecule has 0 heterocycles. The zero-order valence-electron chi connectivity index (χ0n) is 9.54. The van der Waals surface area contributed by atoms with Gasteiger partial charge in [-0.25, -0.2) is 4.79 Å². The molecule has 3 nitrogen and oxygen atoms in total. The maximum atomic E-state index is 10.9. The van der Waals surface area contributed by atoms with Gasteiger partial charge in [-0.3, -0.25) is 0 Å². The van der Waals surface area contributed by atoms with Gasteiger partial charge in [0, 0.05) is 12.2 Å². The van der Waals surface area contributed by atoms with E-state index in [2.05, 4.69) is 0 Å². The van der Waals surface area contributed by atoms with Crippen molar-refractivity contribution in [2.75, 3.05) is 6.61 Å². The summed E-state index contributed by atoms with van der Waals surface area (Å²) in [4.78, 5) is 10.9. The predicted molar refractivity (Wildman–Crippen MR) is 67.5 cm³/mol. The van der Waals surface area contributed by atoms with Crippen LogP contribution in [0.25, 0.3) is 6.08 Å². The van der Waals surface area contributed by atoms with Crippen molar-refractivity contribution < 1.29 is 15.0 Å². The molecule has 90 valence electrons. The van der Waals surface area contributed by atoms with E-state index in [0.717, 1.165) is 5.56 Å². The van der Waals surface area contributed by atoms with Gasteiger partial charge < -0.3 is 10.2 Å². The van der Waals surface area contributed by atoms with Gasteiger partial charge in [-0.15, -0.1) is 0 Å². The van der Waals surface area contributed by atoms with Gasteiger partial charge in [-0.05, 0) is 18.4 Å². The Hall–Kier alpha value is -1.87. The van der Waals surface area contributed by atoms with Crippen LogP contribution in [0.1, 0.15) is 18.4 Å². The Kier molecular flexibility index (Phi) is 5.75. The third-order valence-electron chi connectivity index (χ3n) is 2.26. The Labute approximate surface area is 101 Å². The average Bonchev–Trinajstić information content (AvgIpc) is 2.34. The van der Waals surface area contributed by atoms with Crippen molar-refractivity contribution in [3.63, 3.8) is 0 Å². The maximum Gasteiger partial charge on any atom is 0.331 e. The number of allylic oxidation sites excluding steroid dienone is 2. The van der Waals surface area contributed by atoms with E-state index in [1.807, 2.05) is 36.4 Å². The lowest BCUT2D eigenvalue weighted by Gasteiger charge is -1.98. The van der Waals surface area contributed by atoms with Crippen molar-refractivity contribution in [3.8, 4) is 0 Å². The molecule has 0 atom stereocenters. The Bertz CT molecular complexity index is 405. The molecule has 0 aromatic heterocycles. The Morgan fingerprint density at radius 3 is 2.53 bits per heavy atom. The van der Waals surface area contributed by atoms with Gasteiger partial charge in [0.2, 0.25) is 0 Å². The monoisotopic (exact) mass is 232 g/mol. The predicted octanol–water partition coefficient (Wildman–Crippen LogP) is 2.48. The van der Waals surface area contributed by atoms with Crippen molar-refractivity contribution in [1.82, 2.24) is 0 Å². The fourth-order valence-electron chi connectivity index (χ4n) is 1.37. The first-order valence-corrected chi connectivity index (χ1v) is 5.50. The number of aliphatic hydroxyl groups excluding tert-OH is 1. The van der Waals surface area contributed by atoms with Crippen LogP contribution in [0.4, 0.5) is 0 Å². The normalized spacial score (nSPS) is 11.9. The molecular formula is C14H16O3. The molecule has 0 aliphatic carbocycles. The average molecular weight is 232 g/mol. The van der Waals surface area contributed by atoms with Crippen LogP contribution in [-0.2, 0) is 4.79 Å². The highest BCUT2D eigenvalue weighted by molar-refractivity contribution is 5.87. The van der Waals surface area contributed by atoms with E-state index in [0.29, 0.717) is 18.4 Å². The summed E-state index contributed by atoms with van der Waals surface area (Å²) in [7, 11) is 0. The molecule has 1 aromatic rings. The Balaban J connectivity index is 2.66. The minimum absolute atomic E-state index is 0.00696. The lowest BCUT2D eigenvalue weighted by molar-refractivity contribution is -0.132. The van der Waals surface area contributed by atoms with Gasteiger partial charge in [0.25, 0.3) is 0 Å². The number of carboxylic acid groups (broad SMARTS) is 1. The van der Waals surface area contributed by atoms with Crippen LogP contribution >= 0.6 is 0 Å². The second-order valence-electron chi connectivity index (χ2n) is 3.59. The summed E-state index contributed by atoms with van der Waals surface area (Å²) in [6, 6.07) is 9.66. The van der Waals surface area contributed by atoms with Gasteiger partial charge in [0.05, 0.1) is 0 Å². The summed E-state index contributed by atoms with van der Waals surface area (Å²) in [6.45, 7) is 0.00696. The van der Waals surface area contributed by atoms with Crippen molar-refractivity contribution >= 4 is 12.0 Å². The number of rotatable bonds is 6. The molecule has 0 spiro atoms. The third-order valence-corrected chi connectivity index (χ3v) is 2.26. The topological polar surface area (TPSA) is 57.5 Å². The smallest absolute Gasteiger partial charge is 0.331 e. The van der Waals surface area contributed by atoms with Crippen molar-refractivity contribution in [2.24, 2.45) is 0 Å². The summed E-state index contributed by atoms with van der Waals surface area (Å²) in [5.41, 5.74) is 1.34. The summed E-state index contributed by atoms with van der Waals surface area (Å²) < 4.78 is 0. The number of aliphatic carboxylic acids is 1. The van der Waals surface area contributed by atoms with Crippen LogP contribution in [0.5, 0.6) is 0 Å². The molecule has 0 saturated heterocycles. The van der Waals surface area contributed by atoms with E-state index < -0.39 is 5.97 Å². The largest absolute Gasteiger partial charge is 0.478 e.